The summed E-state index contributed by atoms with van der Waals surface area (Å²) in [6.07, 6.45) is -2.75. The predicted octanol–water partition coefficient (Wildman–Crippen LogP) is 1.45. The molecule has 3 N–H and O–H groups in total. The first kappa shape index (κ1) is 14.2. The Morgan fingerprint density at radius 2 is 2.00 bits per heavy atom. The lowest BCUT2D eigenvalue weighted by molar-refractivity contribution is -0.135. The number of piperazine rings is 1. The topological polar surface area (TPSA) is 75.4 Å². The number of alkyl halides is 2. The summed E-state index contributed by atoms with van der Waals surface area (Å²) in [5, 5.41) is 2.20. The van der Waals surface area contributed by atoms with Crippen molar-refractivity contribution in [1.29, 1.82) is 0 Å². The molecule has 0 radical (unpaired) electrons. The summed E-state index contributed by atoms with van der Waals surface area (Å²) >= 11 is 0. The van der Waals surface area contributed by atoms with E-state index in [9.17, 15) is 18.4 Å². The van der Waals surface area contributed by atoms with Gasteiger partial charge in [0.05, 0.1) is 6.54 Å². The molecule has 1 fully saturated rings. The predicted molar refractivity (Wildman–Crippen MR) is 70.4 cm³/mol. The van der Waals surface area contributed by atoms with E-state index in [1.165, 1.54) is 17.0 Å². The molecule has 1 heterocycles. The van der Waals surface area contributed by atoms with Crippen LogP contribution < -0.4 is 16.0 Å². The molecule has 2 rings (SSSR count). The van der Waals surface area contributed by atoms with Crippen LogP contribution in [-0.4, -0.2) is 23.9 Å². The average Bonchev–Trinajstić information content (AvgIpc) is 2.34. The molecule has 1 aromatic carbocycles. The van der Waals surface area contributed by atoms with Gasteiger partial charge in [-0.15, -0.1) is 0 Å². The van der Waals surface area contributed by atoms with Crippen molar-refractivity contribution in [3.63, 3.8) is 0 Å². The fraction of sp³-hybridized carbons (Fsp3) is 0.385. The summed E-state index contributed by atoms with van der Waals surface area (Å²) < 4.78 is 26.3. The molecule has 2 amide bonds. The Kier molecular flexibility index (Phi) is 3.37. The van der Waals surface area contributed by atoms with E-state index >= 15 is 0 Å². The zero-order valence-electron chi connectivity index (χ0n) is 11.1. The first-order chi connectivity index (χ1) is 9.23. The maximum atomic E-state index is 13.1. The van der Waals surface area contributed by atoms with Gasteiger partial charge in [0.1, 0.15) is 5.54 Å². The summed E-state index contributed by atoms with van der Waals surface area (Å²) in [7, 11) is 0. The molecule has 0 aliphatic carbocycles. The number of rotatable bonds is 2. The number of hydrogen-bond donors (Lipinski definition) is 2. The molecule has 0 aromatic heterocycles. The van der Waals surface area contributed by atoms with Crippen molar-refractivity contribution in [2.45, 2.75) is 25.8 Å². The van der Waals surface area contributed by atoms with Gasteiger partial charge < -0.3 is 10.6 Å². The maximum absolute atomic E-state index is 13.1. The molecule has 0 spiro atoms. The first-order valence-corrected chi connectivity index (χ1v) is 6.03. The lowest BCUT2D eigenvalue weighted by Gasteiger charge is -2.42. The summed E-state index contributed by atoms with van der Waals surface area (Å²) in [5.74, 6) is -1.04. The van der Waals surface area contributed by atoms with Gasteiger partial charge in [0.25, 0.3) is 12.3 Å². The summed E-state index contributed by atoms with van der Waals surface area (Å²) in [6, 6.07) is 4.03. The molecule has 5 nitrogen and oxygen atoms in total. The molecule has 0 saturated carbocycles. The standard InChI is InChI=1S/C13H15F2N3O2/c1-13(2)12(20)17-10(19)6-18(13)9-4-3-7(16)5-8(9)11(14)15/h3-5,11H,6,16H2,1-2H3,(H,17,19,20). The number of halogens is 2. The summed E-state index contributed by atoms with van der Waals surface area (Å²) in [4.78, 5) is 24.7. The number of carbonyl (C=O) groups is 2. The Hall–Kier alpha value is -2.18. The number of nitrogens with one attached hydrogen (secondary N) is 1. The van der Waals surface area contributed by atoms with Crippen molar-refractivity contribution >= 4 is 23.2 Å². The smallest absolute Gasteiger partial charge is 0.265 e. The Labute approximate surface area is 114 Å². The zero-order valence-corrected chi connectivity index (χ0v) is 11.1. The van der Waals surface area contributed by atoms with E-state index in [0.717, 1.165) is 6.07 Å². The fourth-order valence-electron chi connectivity index (χ4n) is 2.16. The summed E-state index contributed by atoms with van der Waals surface area (Å²) in [5.41, 5.74) is 4.47. The second kappa shape index (κ2) is 4.73. The highest BCUT2D eigenvalue weighted by molar-refractivity contribution is 6.06. The second-order valence-electron chi connectivity index (χ2n) is 5.14. The maximum Gasteiger partial charge on any atom is 0.265 e. The highest BCUT2D eigenvalue weighted by Crippen LogP contribution is 2.35. The zero-order chi connectivity index (χ0) is 15.1. The third kappa shape index (κ3) is 2.31. The van der Waals surface area contributed by atoms with E-state index in [1.54, 1.807) is 13.8 Å². The van der Waals surface area contributed by atoms with Gasteiger partial charge >= 0.3 is 0 Å². The van der Waals surface area contributed by atoms with Gasteiger partial charge in [-0.05, 0) is 32.0 Å². The van der Waals surface area contributed by atoms with Crippen molar-refractivity contribution < 1.29 is 18.4 Å². The van der Waals surface area contributed by atoms with Gasteiger partial charge in [0.2, 0.25) is 5.91 Å². The van der Waals surface area contributed by atoms with Gasteiger partial charge in [-0.2, -0.15) is 0 Å². The molecule has 0 unspecified atom stereocenters. The fourth-order valence-corrected chi connectivity index (χ4v) is 2.16. The van der Waals surface area contributed by atoms with Gasteiger partial charge in [0, 0.05) is 16.9 Å². The van der Waals surface area contributed by atoms with Gasteiger partial charge in [-0.3, -0.25) is 14.9 Å². The monoisotopic (exact) mass is 283 g/mol. The number of carbonyl (C=O) groups excluding carboxylic acids is 2. The Balaban J connectivity index is 2.54. The number of nitrogens with zero attached hydrogens (tertiary/aromatic N) is 1. The van der Waals surface area contributed by atoms with Crippen molar-refractivity contribution in [3.05, 3.63) is 23.8 Å². The molecular weight excluding hydrogens is 268 g/mol. The molecule has 108 valence electrons. The van der Waals surface area contributed by atoms with E-state index in [0.29, 0.717) is 0 Å². The minimum absolute atomic E-state index is 0.141. The van der Waals surface area contributed by atoms with Crippen LogP contribution >= 0.6 is 0 Å². The van der Waals surface area contributed by atoms with Gasteiger partial charge in [-0.25, -0.2) is 8.78 Å². The van der Waals surface area contributed by atoms with Crippen LogP contribution in [0.5, 0.6) is 0 Å². The van der Waals surface area contributed by atoms with Gasteiger partial charge in [0.15, 0.2) is 0 Å². The van der Waals surface area contributed by atoms with Crippen molar-refractivity contribution in [1.82, 2.24) is 5.32 Å². The highest BCUT2D eigenvalue weighted by atomic mass is 19.3. The van der Waals surface area contributed by atoms with Crippen LogP contribution in [0.2, 0.25) is 0 Å². The second-order valence-corrected chi connectivity index (χ2v) is 5.14. The van der Waals surface area contributed by atoms with Crippen LogP contribution in [0.15, 0.2) is 18.2 Å². The Morgan fingerprint density at radius 1 is 1.35 bits per heavy atom. The van der Waals surface area contributed by atoms with Crippen molar-refractivity contribution in [2.24, 2.45) is 0 Å². The van der Waals surface area contributed by atoms with Crippen LogP contribution in [0.3, 0.4) is 0 Å². The average molecular weight is 283 g/mol. The lowest BCUT2D eigenvalue weighted by atomic mass is 9.96. The van der Waals surface area contributed by atoms with Crippen LogP contribution in [0.4, 0.5) is 20.2 Å². The number of amides is 2. The van der Waals surface area contributed by atoms with Crippen LogP contribution in [-0.2, 0) is 9.59 Å². The van der Waals surface area contributed by atoms with Gasteiger partial charge in [-0.1, -0.05) is 0 Å². The van der Waals surface area contributed by atoms with Crippen LogP contribution in [0, 0.1) is 0 Å². The van der Waals surface area contributed by atoms with Crippen molar-refractivity contribution in [2.75, 3.05) is 17.2 Å². The van der Waals surface area contributed by atoms with E-state index in [1.807, 2.05) is 0 Å². The first-order valence-electron chi connectivity index (χ1n) is 6.03. The Bertz CT molecular complexity index is 573. The van der Waals surface area contributed by atoms with E-state index in [4.69, 9.17) is 5.73 Å². The molecule has 1 saturated heterocycles. The summed E-state index contributed by atoms with van der Waals surface area (Å²) in [6.45, 7) is 2.98. The largest absolute Gasteiger partial charge is 0.399 e. The number of benzene rings is 1. The molecular formula is C13H15F2N3O2. The minimum atomic E-state index is -2.75. The van der Waals surface area contributed by atoms with E-state index < -0.39 is 23.8 Å². The number of anilines is 2. The number of imide groups is 1. The number of nitrogens with two attached hydrogens (primary N) is 1. The van der Waals surface area contributed by atoms with E-state index in [-0.39, 0.29) is 23.5 Å². The van der Waals surface area contributed by atoms with E-state index in [2.05, 4.69) is 5.32 Å². The van der Waals surface area contributed by atoms with Crippen molar-refractivity contribution in [3.8, 4) is 0 Å². The molecule has 7 heteroatoms. The lowest BCUT2D eigenvalue weighted by Crippen LogP contribution is -2.64. The third-order valence-corrected chi connectivity index (χ3v) is 3.36. The molecule has 20 heavy (non-hydrogen) atoms. The normalized spacial score (nSPS) is 18.4. The van der Waals surface area contributed by atoms with Crippen LogP contribution in [0.1, 0.15) is 25.8 Å². The molecule has 1 aliphatic heterocycles. The SMILES string of the molecule is CC1(C)C(=O)NC(=O)CN1c1ccc(N)cc1C(F)F. The quantitative estimate of drug-likeness (QED) is 0.636. The Morgan fingerprint density at radius 3 is 2.60 bits per heavy atom. The van der Waals surface area contributed by atoms with Crippen LogP contribution in [0.25, 0.3) is 0 Å². The number of hydrogen-bond acceptors (Lipinski definition) is 4. The third-order valence-electron chi connectivity index (χ3n) is 3.36. The molecule has 0 atom stereocenters. The molecule has 1 aromatic rings. The minimum Gasteiger partial charge on any atom is -0.399 e. The number of nitrogen functional groups attached to an aromatic ring is 1. The molecule has 0 bridgehead atoms. The molecule has 1 aliphatic rings. The highest BCUT2D eigenvalue weighted by Gasteiger charge is 2.42.